The van der Waals surface area contributed by atoms with Gasteiger partial charge in [-0.15, -0.1) is 11.3 Å². The normalized spacial score (nSPS) is 13.1. The fourth-order valence-electron chi connectivity index (χ4n) is 4.92. The van der Waals surface area contributed by atoms with Crippen LogP contribution in [0.25, 0.3) is 34.3 Å². The number of aryl methyl sites for hydroxylation is 2. The smallest absolute Gasteiger partial charge is 0.273 e. The van der Waals surface area contributed by atoms with E-state index in [0.717, 1.165) is 32.5 Å². The first-order valence-corrected chi connectivity index (χ1v) is 17.1. The molecule has 5 rings (SSSR count). The lowest BCUT2D eigenvalue weighted by Gasteiger charge is -2.16. The molecule has 0 spiro atoms. The second-order valence-electron chi connectivity index (χ2n) is 12.4. The molecule has 0 saturated heterocycles. The Hall–Kier alpha value is -4.89. The van der Waals surface area contributed by atoms with Gasteiger partial charge in [-0.25, -0.2) is 17.4 Å². The number of hydrogen-bond donors (Lipinski definition) is 0. The van der Waals surface area contributed by atoms with E-state index in [4.69, 9.17) is 5.10 Å². The summed E-state index contributed by atoms with van der Waals surface area (Å²) in [6.45, 7) is 8.86. The average Bonchev–Trinajstić information content (AvgIpc) is 3.59. The molecular weight excluding hydrogens is 631 g/mol. The van der Waals surface area contributed by atoms with Crippen molar-refractivity contribution in [3.05, 3.63) is 115 Å². The van der Waals surface area contributed by atoms with Gasteiger partial charge in [0.05, 0.1) is 26.5 Å². The number of hydrogen-bond acceptors (Lipinski definition) is 7. The van der Waals surface area contributed by atoms with Gasteiger partial charge in [0.15, 0.2) is 5.78 Å². The van der Waals surface area contributed by atoms with Gasteiger partial charge in [-0.05, 0) is 49.8 Å². The van der Waals surface area contributed by atoms with E-state index in [-0.39, 0.29) is 25.4 Å². The van der Waals surface area contributed by atoms with Crippen LogP contribution in [0.3, 0.4) is 0 Å². The highest BCUT2D eigenvalue weighted by atomic mass is 32.2. The van der Waals surface area contributed by atoms with E-state index in [1.54, 1.807) is 44.5 Å². The average molecular weight is 666 g/mol. The highest BCUT2D eigenvalue weighted by molar-refractivity contribution is 7.89. The molecule has 0 unspecified atom stereocenters. The van der Waals surface area contributed by atoms with Crippen molar-refractivity contribution in [2.45, 2.75) is 39.5 Å². The van der Waals surface area contributed by atoms with Crippen LogP contribution in [0.1, 0.15) is 37.5 Å². The molecule has 0 radical (unpaired) electrons. The predicted molar refractivity (Wildman–Crippen MR) is 186 cm³/mol. The Morgan fingerprint density at radius 3 is 2.26 bits per heavy atom. The topological polar surface area (TPSA) is 118 Å². The molecule has 9 nitrogen and oxygen atoms in total. The largest absolute Gasteiger partial charge is 0.293 e. The number of aromatic nitrogens is 3. The lowest BCUT2D eigenvalue weighted by Crippen LogP contribution is -2.34. The van der Waals surface area contributed by atoms with Crippen molar-refractivity contribution in [2.24, 2.45) is 5.41 Å². The number of carbonyl (C=O) groups is 1. The number of rotatable bonds is 7. The summed E-state index contributed by atoms with van der Waals surface area (Å²) < 4.78 is 30.7. The Bertz CT molecular complexity index is 2330. The number of para-hydroxylation sites is 1. The monoisotopic (exact) mass is 665 g/mol. The summed E-state index contributed by atoms with van der Waals surface area (Å²) in [6, 6.07) is 24.0. The molecular formula is C36H35N5O4S2. The molecule has 0 bridgehead atoms. The van der Waals surface area contributed by atoms with Crippen LogP contribution in [-0.2, 0) is 14.8 Å². The van der Waals surface area contributed by atoms with Crippen molar-refractivity contribution in [3.63, 3.8) is 0 Å². The summed E-state index contributed by atoms with van der Waals surface area (Å²) >= 11 is 1.01. The molecule has 0 amide bonds. The molecule has 0 aliphatic carbocycles. The van der Waals surface area contributed by atoms with Crippen LogP contribution in [0.5, 0.6) is 0 Å². The van der Waals surface area contributed by atoms with Gasteiger partial charge in [0.25, 0.3) is 5.56 Å². The molecule has 0 fully saturated rings. The Labute approximate surface area is 278 Å². The minimum atomic E-state index is -3.86. The van der Waals surface area contributed by atoms with E-state index >= 15 is 0 Å². The molecule has 3 aromatic carbocycles. The maximum Gasteiger partial charge on any atom is 0.273 e. The molecule has 5 aromatic rings. The first-order valence-electron chi connectivity index (χ1n) is 14.8. The first-order chi connectivity index (χ1) is 22.1. The number of Topliss-reactive ketones (excluding diaryl/α,β-unsaturated/α-hetero) is 1. The lowest BCUT2D eigenvalue weighted by atomic mass is 9.87. The van der Waals surface area contributed by atoms with Gasteiger partial charge in [0.1, 0.15) is 16.3 Å². The Kier molecular flexibility index (Phi) is 9.06. The van der Waals surface area contributed by atoms with Crippen LogP contribution in [0.4, 0.5) is 0 Å². The number of benzene rings is 3. The van der Waals surface area contributed by atoms with Gasteiger partial charge in [0.2, 0.25) is 10.0 Å². The third-order valence-electron chi connectivity index (χ3n) is 7.63. The van der Waals surface area contributed by atoms with E-state index < -0.39 is 26.8 Å². The van der Waals surface area contributed by atoms with Gasteiger partial charge >= 0.3 is 0 Å². The molecule has 0 N–H and O–H groups in total. The molecule has 0 aliphatic heterocycles. The zero-order valence-corrected chi connectivity index (χ0v) is 28.9. The molecule has 47 heavy (non-hydrogen) atoms. The fourth-order valence-corrected chi connectivity index (χ4v) is 6.93. The molecule has 0 aliphatic rings. The zero-order chi connectivity index (χ0) is 34.3. The fraction of sp³-hybridized carbons (Fsp3) is 0.222. The summed E-state index contributed by atoms with van der Waals surface area (Å²) in [5.74, 6) is -0.437. The van der Waals surface area contributed by atoms with Crippen molar-refractivity contribution >= 4 is 38.8 Å². The van der Waals surface area contributed by atoms with Crippen LogP contribution in [-0.4, -0.2) is 46.9 Å². The number of nitriles is 1. The van der Waals surface area contributed by atoms with Crippen molar-refractivity contribution in [3.8, 4) is 28.7 Å². The van der Waals surface area contributed by atoms with Crippen LogP contribution in [0.15, 0.2) is 88.7 Å². The summed E-state index contributed by atoms with van der Waals surface area (Å²) in [5.41, 5.74) is 3.31. The molecule has 2 aromatic heterocycles. The molecule has 2 heterocycles. The van der Waals surface area contributed by atoms with Gasteiger partial charge in [-0.1, -0.05) is 74.9 Å². The van der Waals surface area contributed by atoms with Gasteiger partial charge < -0.3 is 0 Å². The molecule has 11 heteroatoms. The number of ketones is 1. The van der Waals surface area contributed by atoms with E-state index in [2.05, 4.69) is 6.07 Å². The summed E-state index contributed by atoms with van der Waals surface area (Å²) in [6.07, 6.45) is 3.54. The Morgan fingerprint density at radius 1 is 1.00 bits per heavy atom. The highest BCUT2D eigenvalue weighted by Crippen LogP contribution is 2.26. The minimum absolute atomic E-state index is 0.0240. The van der Waals surface area contributed by atoms with Crippen molar-refractivity contribution in [2.75, 3.05) is 14.1 Å². The Morgan fingerprint density at radius 2 is 1.66 bits per heavy atom. The van der Waals surface area contributed by atoms with Crippen LogP contribution in [0, 0.1) is 30.6 Å². The maximum atomic E-state index is 14.4. The third kappa shape index (κ3) is 6.53. The van der Waals surface area contributed by atoms with Crippen molar-refractivity contribution in [1.82, 2.24) is 18.7 Å². The van der Waals surface area contributed by atoms with Gasteiger partial charge in [-0.3, -0.25) is 14.2 Å². The second kappa shape index (κ2) is 12.7. The van der Waals surface area contributed by atoms with Crippen LogP contribution in [0.2, 0.25) is 0 Å². The van der Waals surface area contributed by atoms with Crippen LogP contribution >= 0.6 is 11.3 Å². The standard InChI is InChI=1S/C36H35N5O4S2/c1-23-13-16-25(17-14-23)32-26(22-40(38-32)27-11-9-8-10-12-27)19-31-34(43)41(35(46-31)29(21-37)33(42)36(3,4)5)30-20-28(18-15-24(30)2)47(44,45)39(6)7/h8-20,22H,1-7H3/b31-19+,35-29-. The SMILES string of the molecule is Cc1ccc(-c2nn(-c3ccccc3)cc2/C=c2/s/c(=C(/C#N)C(=O)C(C)(C)C)n(-c3cc(S(=O)(=O)N(C)C)ccc3C)c2=O)cc1. The maximum absolute atomic E-state index is 14.4. The van der Waals surface area contributed by atoms with Gasteiger partial charge in [0, 0.05) is 36.8 Å². The third-order valence-corrected chi connectivity index (χ3v) is 10.5. The van der Waals surface area contributed by atoms with E-state index in [1.807, 2.05) is 67.7 Å². The number of sulfonamides is 1. The Balaban J connectivity index is 1.89. The van der Waals surface area contributed by atoms with Crippen molar-refractivity contribution < 1.29 is 13.2 Å². The predicted octanol–water partition coefficient (Wildman–Crippen LogP) is 4.74. The lowest BCUT2D eigenvalue weighted by molar-refractivity contribution is -0.120. The minimum Gasteiger partial charge on any atom is -0.293 e. The summed E-state index contributed by atoms with van der Waals surface area (Å²) in [7, 11) is -1.01. The quantitative estimate of drug-likeness (QED) is 0.248. The molecule has 0 atom stereocenters. The zero-order valence-electron chi connectivity index (χ0n) is 27.3. The number of thiazole rings is 1. The van der Waals surface area contributed by atoms with Crippen molar-refractivity contribution in [1.29, 1.82) is 5.26 Å². The van der Waals surface area contributed by atoms with E-state index in [1.165, 1.54) is 30.8 Å². The van der Waals surface area contributed by atoms with E-state index in [9.17, 15) is 23.3 Å². The molecule has 240 valence electrons. The summed E-state index contributed by atoms with van der Waals surface area (Å²) in [5, 5.41) is 15.2. The second-order valence-corrected chi connectivity index (χ2v) is 15.6. The highest BCUT2D eigenvalue weighted by Gasteiger charge is 2.28. The molecule has 0 saturated carbocycles. The first kappa shape index (κ1) is 33.5. The number of carbonyl (C=O) groups excluding carboxylic acids is 1. The van der Waals surface area contributed by atoms with E-state index in [0.29, 0.717) is 16.8 Å². The number of nitrogens with zero attached hydrogens (tertiary/aromatic N) is 5. The van der Waals surface area contributed by atoms with Gasteiger partial charge in [-0.2, -0.15) is 10.4 Å². The van der Waals surface area contributed by atoms with Crippen LogP contribution < -0.4 is 14.8 Å². The summed E-state index contributed by atoms with van der Waals surface area (Å²) in [4.78, 5) is 28.0.